The number of hydrogen-bond acceptors (Lipinski definition) is 5. The highest BCUT2D eigenvalue weighted by atomic mass is 28.4. The smallest absolute Gasteiger partial charge is 0.187 e. The molecular formula is C17H42O5Si4. The summed E-state index contributed by atoms with van der Waals surface area (Å²) in [5.74, 6) is 0. The molecule has 0 aromatic carbocycles. The number of ether oxygens (including phenoxy) is 1. The Bertz CT molecular complexity index is 448. The Kier molecular flexibility index (Phi) is 8.15. The third-order valence-electron chi connectivity index (χ3n) is 3.40. The highest BCUT2D eigenvalue weighted by molar-refractivity contribution is 6.71. The Morgan fingerprint density at radius 3 is 1.38 bits per heavy atom. The molecule has 26 heavy (non-hydrogen) atoms. The lowest BCUT2D eigenvalue weighted by Crippen LogP contribution is -2.50. The van der Waals surface area contributed by atoms with Crippen LogP contribution in [0.5, 0.6) is 0 Å². The van der Waals surface area contributed by atoms with Crippen molar-refractivity contribution in [1.29, 1.82) is 0 Å². The van der Waals surface area contributed by atoms with Crippen molar-refractivity contribution in [1.82, 2.24) is 0 Å². The maximum Gasteiger partial charge on any atom is 0.187 e. The zero-order valence-corrected chi connectivity index (χ0v) is 23.1. The van der Waals surface area contributed by atoms with Crippen LogP contribution in [-0.2, 0) is 22.4 Å². The number of rotatable bonds is 9. The van der Waals surface area contributed by atoms with Crippen LogP contribution in [0.1, 0.15) is 0 Å². The molecule has 0 saturated carbocycles. The van der Waals surface area contributed by atoms with E-state index in [0.717, 1.165) is 0 Å². The Balaban J connectivity index is 3.10. The first-order valence-electron chi connectivity index (χ1n) is 9.69. The van der Waals surface area contributed by atoms with Crippen LogP contribution in [0.25, 0.3) is 0 Å². The monoisotopic (exact) mass is 438 g/mol. The Labute approximate surface area is 165 Å². The maximum atomic E-state index is 6.56. The van der Waals surface area contributed by atoms with Gasteiger partial charge in [-0.1, -0.05) is 0 Å². The molecule has 4 atom stereocenters. The van der Waals surface area contributed by atoms with Gasteiger partial charge in [0.15, 0.2) is 39.6 Å². The van der Waals surface area contributed by atoms with Crippen molar-refractivity contribution in [3.63, 3.8) is 0 Å². The highest BCUT2D eigenvalue weighted by Gasteiger charge is 2.51. The molecule has 156 valence electrons. The summed E-state index contributed by atoms with van der Waals surface area (Å²) in [5, 5.41) is 0. The van der Waals surface area contributed by atoms with Crippen molar-refractivity contribution in [2.75, 3.05) is 6.61 Å². The molecule has 1 rings (SSSR count). The van der Waals surface area contributed by atoms with Crippen molar-refractivity contribution in [3.05, 3.63) is 0 Å². The minimum absolute atomic E-state index is 0.133. The third kappa shape index (κ3) is 9.74. The Hall–Kier alpha value is 0.668. The summed E-state index contributed by atoms with van der Waals surface area (Å²) in [7, 11) is -6.99. The van der Waals surface area contributed by atoms with Gasteiger partial charge in [0.1, 0.15) is 18.3 Å². The van der Waals surface area contributed by atoms with Crippen molar-refractivity contribution in [2.45, 2.75) is 103 Å². The van der Waals surface area contributed by atoms with Crippen LogP contribution in [0, 0.1) is 0 Å². The predicted octanol–water partition coefficient (Wildman–Crippen LogP) is 4.85. The third-order valence-corrected chi connectivity index (χ3v) is 7.33. The summed E-state index contributed by atoms with van der Waals surface area (Å²) in [6, 6.07) is 0. The topological polar surface area (TPSA) is 46.2 Å². The maximum absolute atomic E-state index is 6.56. The second-order valence-electron chi connectivity index (χ2n) is 11.1. The minimum Gasteiger partial charge on any atom is -0.415 e. The molecule has 0 N–H and O–H groups in total. The zero-order chi connectivity index (χ0) is 20.6. The van der Waals surface area contributed by atoms with Crippen LogP contribution in [0.2, 0.25) is 78.6 Å². The SMILES string of the molecule is C[Si](C)(C)OC[C@H]1OC(O[Si](C)(C)C)[C@@H](O[Si](C)(C)C)[C@@H]1O[Si](C)(C)C. The van der Waals surface area contributed by atoms with Gasteiger partial charge in [0.2, 0.25) is 0 Å². The van der Waals surface area contributed by atoms with E-state index in [1.54, 1.807) is 0 Å². The van der Waals surface area contributed by atoms with Gasteiger partial charge in [-0.25, -0.2) is 0 Å². The van der Waals surface area contributed by atoms with Gasteiger partial charge in [0.05, 0.1) is 6.61 Å². The summed E-state index contributed by atoms with van der Waals surface area (Å²) < 4.78 is 32.0. The molecule has 0 aromatic rings. The molecule has 1 saturated heterocycles. The second kappa shape index (κ2) is 8.58. The predicted molar refractivity (Wildman–Crippen MR) is 119 cm³/mol. The van der Waals surface area contributed by atoms with Crippen LogP contribution in [0.4, 0.5) is 0 Å². The normalized spacial score (nSPS) is 28.6. The lowest BCUT2D eigenvalue weighted by molar-refractivity contribution is -0.116. The van der Waals surface area contributed by atoms with Gasteiger partial charge in [-0.3, -0.25) is 0 Å². The average Bonchev–Trinajstić information content (AvgIpc) is 2.59. The molecular weight excluding hydrogens is 397 g/mol. The number of hydrogen-bond donors (Lipinski definition) is 0. The highest BCUT2D eigenvalue weighted by Crippen LogP contribution is 2.33. The van der Waals surface area contributed by atoms with Crippen molar-refractivity contribution < 1.29 is 22.4 Å². The molecule has 5 nitrogen and oxygen atoms in total. The van der Waals surface area contributed by atoms with E-state index in [1.165, 1.54) is 0 Å². The first kappa shape index (κ1) is 24.7. The van der Waals surface area contributed by atoms with Gasteiger partial charge < -0.3 is 22.4 Å². The fraction of sp³-hybridized carbons (Fsp3) is 1.00. The Morgan fingerprint density at radius 1 is 0.577 bits per heavy atom. The van der Waals surface area contributed by atoms with Gasteiger partial charge in [-0.15, -0.1) is 0 Å². The van der Waals surface area contributed by atoms with Crippen molar-refractivity contribution >= 4 is 33.3 Å². The molecule has 0 amide bonds. The van der Waals surface area contributed by atoms with Crippen LogP contribution in [0.3, 0.4) is 0 Å². The molecule has 0 aliphatic carbocycles. The van der Waals surface area contributed by atoms with E-state index in [2.05, 4.69) is 78.6 Å². The largest absolute Gasteiger partial charge is 0.415 e. The first-order chi connectivity index (χ1) is 11.4. The second-order valence-corrected chi connectivity index (χ2v) is 29.0. The quantitative estimate of drug-likeness (QED) is 0.481. The van der Waals surface area contributed by atoms with Crippen LogP contribution < -0.4 is 0 Å². The van der Waals surface area contributed by atoms with E-state index in [0.29, 0.717) is 6.61 Å². The molecule has 1 aliphatic rings. The van der Waals surface area contributed by atoms with E-state index in [1.807, 2.05) is 0 Å². The molecule has 0 radical (unpaired) electrons. The molecule has 9 heteroatoms. The molecule has 0 bridgehead atoms. The molecule has 0 aromatic heterocycles. The van der Waals surface area contributed by atoms with E-state index in [9.17, 15) is 0 Å². The van der Waals surface area contributed by atoms with Gasteiger partial charge >= 0.3 is 0 Å². The summed E-state index contributed by atoms with van der Waals surface area (Å²) in [5.41, 5.74) is 0. The van der Waals surface area contributed by atoms with Crippen LogP contribution >= 0.6 is 0 Å². The Morgan fingerprint density at radius 2 is 1.00 bits per heavy atom. The van der Waals surface area contributed by atoms with E-state index < -0.39 is 33.3 Å². The summed E-state index contributed by atoms with van der Waals surface area (Å²) in [4.78, 5) is 0. The van der Waals surface area contributed by atoms with Crippen LogP contribution in [-0.4, -0.2) is 64.5 Å². The minimum atomic E-state index is -1.79. The van der Waals surface area contributed by atoms with Gasteiger partial charge in [0, 0.05) is 0 Å². The van der Waals surface area contributed by atoms with Gasteiger partial charge in [-0.05, 0) is 78.6 Å². The standard InChI is InChI=1S/C17H42O5Si4/c1-23(2,3)18-13-14-15(20-24(4,5)6)16(21-25(7,8)9)17(19-14)22-26(10,11)12/h14-17H,13H2,1-12H3/t14-,15-,16+,17?/m1/s1. The average molecular weight is 439 g/mol. The molecule has 1 heterocycles. The van der Waals surface area contributed by atoms with E-state index in [-0.39, 0.29) is 24.6 Å². The fourth-order valence-electron chi connectivity index (χ4n) is 2.69. The summed E-state index contributed by atoms with van der Waals surface area (Å²) in [6.07, 6.45) is -0.831. The van der Waals surface area contributed by atoms with E-state index >= 15 is 0 Å². The molecule has 0 spiro atoms. The van der Waals surface area contributed by atoms with E-state index in [4.69, 9.17) is 22.4 Å². The molecule has 1 fully saturated rings. The van der Waals surface area contributed by atoms with Crippen molar-refractivity contribution in [2.24, 2.45) is 0 Å². The van der Waals surface area contributed by atoms with Gasteiger partial charge in [-0.2, -0.15) is 0 Å². The zero-order valence-electron chi connectivity index (χ0n) is 19.1. The van der Waals surface area contributed by atoms with Gasteiger partial charge in [0.25, 0.3) is 0 Å². The molecule has 1 aliphatic heterocycles. The fourth-order valence-corrected chi connectivity index (χ4v) is 6.40. The van der Waals surface area contributed by atoms with Crippen LogP contribution in [0.15, 0.2) is 0 Å². The molecule has 1 unspecified atom stereocenters. The summed E-state index contributed by atoms with van der Waals surface area (Å²) >= 11 is 0. The lowest BCUT2D eigenvalue weighted by Gasteiger charge is -2.35. The summed E-state index contributed by atoms with van der Waals surface area (Å²) in [6.45, 7) is 26.9. The lowest BCUT2D eigenvalue weighted by atomic mass is 10.1. The van der Waals surface area contributed by atoms with Crippen molar-refractivity contribution in [3.8, 4) is 0 Å². The first-order valence-corrected chi connectivity index (χ1v) is 23.3.